The first-order valence-corrected chi connectivity index (χ1v) is 8.18. The number of likely N-dealkylation sites (N-methyl/N-ethyl adjacent to an activating group) is 1. The molecule has 0 spiro atoms. The third-order valence-corrected chi connectivity index (χ3v) is 5.29. The van der Waals surface area contributed by atoms with Crippen LogP contribution in [0.1, 0.15) is 31.2 Å². The van der Waals surface area contributed by atoms with Crippen molar-refractivity contribution >= 4 is 15.9 Å². The summed E-state index contributed by atoms with van der Waals surface area (Å²) in [6, 6.07) is 8.00. The number of nitrogens with one attached hydrogen (secondary N) is 1. The zero-order valence-corrected chi connectivity index (χ0v) is 13.7. The lowest BCUT2D eigenvalue weighted by Gasteiger charge is -2.35. The maximum absolute atomic E-state index is 12.9. The summed E-state index contributed by atoms with van der Waals surface area (Å²) in [7, 11) is 1.85. The van der Waals surface area contributed by atoms with E-state index < -0.39 is 12.1 Å². The van der Waals surface area contributed by atoms with Crippen molar-refractivity contribution in [3.63, 3.8) is 0 Å². The number of benzene rings is 1. The van der Waals surface area contributed by atoms with Gasteiger partial charge in [0, 0.05) is 10.5 Å². The number of alkyl halides is 3. The smallest absolute Gasteiger partial charge is 0.316 e. The van der Waals surface area contributed by atoms with Gasteiger partial charge in [-0.3, -0.25) is 0 Å². The Labute approximate surface area is 132 Å². The van der Waals surface area contributed by atoms with Crippen LogP contribution in [0, 0.1) is 11.8 Å². The number of halogens is 4. The minimum Gasteiger partial charge on any atom is -0.316 e. The lowest BCUT2D eigenvalue weighted by molar-refractivity contribution is -0.186. The molecule has 3 atom stereocenters. The Morgan fingerprint density at radius 3 is 2.62 bits per heavy atom. The van der Waals surface area contributed by atoms with Crippen molar-refractivity contribution in [2.24, 2.45) is 11.8 Å². The standard InChI is InChI=1S/C16H21BrF3N/c1-21-15(10-11-5-2-3-8-14(11)17)12-6-4-7-13(9-12)16(18,19)20/h2-3,5,8,12-13,15,21H,4,6-7,9-10H2,1H3. The van der Waals surface area contributed by atoms with Gasteiger partial charge in [0.1, 0.15) is 0 Å². The van der Waals surface area contributed by atoms with E-state index in [9.17, 15) is 13.2 Å². The highest BCUT2D eigenvalue weighted by molar-refractivity contribution is 9.10. The summed E-state index contributed by atoms with van der Waals surface area (Å²) in [4.78, 5) is 0. The molecule has 0 saturated heterocycles. The second-order valence-corrected chi connectivity index (χ2v) is 6.71. The quantitative estimate of drug-likeness (QED) is 0.797. The van der Waals surface area contributed by atoms with Crippen LogP contribution in [0.2, 0.25) is 0 Å². The van der Waals surface area contributed by atoms with Gasteiger partial charge in [0.05, 0.1) is 5.92 Å². The van der Waals surface area contributed by atoms with Gasteiger partial charge in [0.15, 0.2) is 0 Å². The topological polar surface area (TPSA) is 12.0 Å². The van der Waals surface area contributed by atoms with Crippen molar-refractivity contribution in [1.82, 2.24) is 5.32 Å². The zero-order chi connectivity index (χ0) is 15.5. The van der Waals surface area contributed by atoms with E-state index >= 15 is 0 Å². The second-order valence-electron chi connectivity index (χ2n) is 5.86. The van der Waals surface area contributed by atoms with E-state index in [2.05, 4.69) is 21.2 Å². The van der Waals surface area contributed by atoms with Crippen LogP contribution in [-0.4, -0.2) is 19.3 Å². The molecular formula is C16H21BrF3N. The van der Waals surface area contributed by atoms with Crippen LogP contribution >= 0.6 is 15.9 Å². The fourth-order valence-corrected chi connectivity index (χ4v) is 3.74. The lowest BCUT2D eigenvalue weighted by atomic mass is 9.76. The van der Waals surface area contributed by atoms with Gasteiger partial charge < -0.3 is 5.32 Å². The van der Waals surface area contributed by atoms with Crippen LogP contribution in [0.3, 0.4) is 0 Å². The molecule has 3 unspecified atom stereocenters. The van der Waals surface area contributed by atoms with E-state index in [1.165, 1.54) is 0 Å². The van der Waals surface area contributed by atoms with E-state index in [-0.39, 0.29) is 24.8 Å². The fraction of sp³-hybridized carbons (Fsp3) is 0.625. The molecule has 1 nitrogen and oxygen atoms in total. The Bertz CT molecular complexity index is 461. The molecule has 0 radical (unpaired) electrons. The van der Waals surface area contributed by atoms with Crippen molar-refractivity contribution in [2.75, 3.05) is 7.05 Å². The number of rotatable bonds is 4. The van der Waals surface area contributed by atoms with Gasteiger partial charge in [-0.15, -0.1) is 0 Å². The average Bonchev–Trinajstić information content (AvgIpc) is 2.46. The number of hydrogen-bond donors (Lipinski definition) is 1. The molecule has 0 aliphatic heterocycles. The molecule has 21 heavy (non-hydrogen) atoms. The molecule has 1 aromatic carbocycles. The molecule has 0 heterocycles. The summed E-state index contributed by atoms with van der Waals surface area (Å²) in [6.07, 6.45) is -1.21. The molecule has 1 fully saturated rings. The SMILES string of the molecule is CNC(Cc1ccccc1Br)C1CCCC(C(F)(F)F)C1. The van der Waals surface area contributed by atoms with E-state index in [1.807, 2.05) is 31.3 Å². The van der Waals surface area contributed by atoms with Crippen LogP contribution in [-0.2, 0) is 6.42 Å². The second kappa shape index (κ2) is 7.14. The molecule has 2 rings (SSSR count). The molecule has 1 saturated carbocycles. The minimum atomic E-state index is -4.05. The summed E-state index contributed by atoms with van der Waals surface area (Å²) in [5, 5.41) is 3.23. The monoisotopic (exact) mass is 363 g/mol. The predicted octanol–water partition coefficient (Wildman–Crippen LogP) is 4.95. The molecule has 1 aliphatic rings. The summed E-state index contributed by atoms with van der Waals surface area (Å²) < 4.78 is 39.9. The highest BCUT2D eigenvalue weighted by atomic mass is 79.9. The summed E-state index contributed by atoms with van der Waals surface area (Å²) >= 11 is 3.51. The zero-order valence-electron chi connectivity index (χ0n) is 12.1. The Morgan fingerprint density at radius 1 is 1.29 bits per heavy atom. The Morgan fingerprint density at radius 2 is 2.00 bits per heavy atom. The predicted molar refractivity (Wildman–Crippen MR) is 82.2 cm³/mol. The van der Waals surface area contributed by atoms with Crippen LogP contribution in [0.5, 0.6) is 0 Å². The summed E-state index contributed by atoms with van der Waals surface area (Å²) in [6.45, 7) is 0. The van der Waals surface area contributed by atoms with Crippen LogP contribution in [0.25, 0.3) is 0 Å². The Balaban J connectivity index is 2.05. The van der Waals surface area contributed by atoms with Gasteiger partial charge in [-0.05, 0) is 50.3 Å². The number of hydrogen-bond acceptors (Lipinski definition) is 1. The minimum absolute atomic E-state index is 0.0856. The van der Waals surface area contributed by atoms with Gasteiger partial charge in [-0.1, -0.05) is 40.5 Å². The third-order valence-electron chi connectivity index (χ3n) is 4.52. The average molecular weight is 364 g/mol. The molecule has 1 aliphatic carbocycles. The normalized spacial score (nSPS) is 24.8. The highest BCUT2D eigenvalue weighted by Crippen LogP contribution is 2.41. The third kappa shape index (κ3) is 4.46. The molecular weight excluding hydrogens is 343 g/mol. The van der Waals surface area contributed by atoms with Crippen molar-refractivity contribution < 1.29 is 13.2 Å². The maximum Gasteiger partial charge on any atom is 0.391 e. The molecule has 5 heteroatoms. The molecule has 0 bridgehead atoms. The molecule has 0 amide bonds. The van der Waals surface area contributed by atoms with Crippen molar-refractivity contribution in [3.8, 4) is 0 Å². The van der Waals surface area contributed by atoms with Gasteiger partial charge in [0.25, 0.3) is 0 Å². The van der Waals surface area contributed by atoms with Crippen molar-refractivity contribution in [1.29, 1.82) is 0 Å². The summed E-state index contributed by atoms with van der Waals surface area (Å²) in [5.41, 5.74) is 1.14. The largest absolute Gasteiger partial charge is 0.391 e. The van der Waals surface area contributed by atoms with Crippen molar-refractivity contribution in [2.45, 2.75) is 44.3 Å². The van der Waals surface area contributed by atoms with Gasteiger partial charge in [-0.25, -0.2) is 0 Å². The maximum atomic E-state index is 12.9. The van der Waals surface area contributed by atoms with E-state index in [4.69, 9.17) is 0 Å². The Hall–Kier alpha value is -0.550. The van der Waals surface area contributed by atoms with Gasteiger partial charge in [0.2, 0.25) is 0 Å². The fourth-order valence-electron chi connectivity index (χ4n) is 3.30. The van der Waals surface area contributed by atoms with Gasteiger partial charge >= 0.3 is 6.18 Å². The van der Waals surface area contributed by atoms with E-state index in [0.29, 0.717) is 6.42 Å². The summed E-state index contributed by atoms with van der Waals surface area (Å²) in [5.74, 6) is -1.05. The van der Waals surface area contributed by atoms with Crippen LogP contribution in [0.15, 0.2) is 28.7 Å². The highest BCUT2D eigenvalue weighted by Gasteiger charge is 2.43. The van der Waals surface area contributed by atoms with Gasteiger partial charge in [-0.2, -0.15) is 13.2 Å². The molecule has 0 aromatic heterocycles. The first-order chi connectivity index (χ1) is 9.91. The van der Waals surface area contributed by atoms with Crippen molar-refractivity contribution in [3.05, 3.63) is 34.3 Å². The Kier molecular flexibility index (Phi) is 5.72. The molecule has 118 valence electrons. The van der Waals surface area contributed by atoms with E-state index in [0.717, 1.165) is 22.9 Å². The molecule has 1 N–H and O–H groups in total. The molecule has 1 aromatic rings. The first-order valence-electron chi connectivity index (χ1n) is 7.39. The lowest BCUT2D eigenvalue weighted by Crippen LogP contribution is -2.40. The van der Waals surface area contributed by atoms with Crippen LogP contribution in [0.4, 0.5) is 13.2 Å². The van der Waals surface area contributed by atoms with E-state index in [1.54, 1.807) is 0 Å². The first kappa shape index (κ1) is 16.8. The van der Waals surface area contributed by atoms with Crippen LogP contribution < -0.4 is 5.32 Å².